The fourth-order valence-corrected chi connectivity index (χ4v) is 5.19. The molecule has 3 aliphatic rings. The van der Waals surface area contributed by atoms with E-state index in [9.17, 15) is 10.1 Å². The van der Waals surface area contributed by atoms with Crippen molar-refractivity contribution < 1.29 is 4.79 Å². The molecule has 1 N–H and O–H groups in total. The topological polar surface area (TPSA) is 86.8 Å². The number of aromatic nitrogens is 3. The van der Waals surface area contributed by atoms with E-state index in [-0.39, 0.29) is 23.9 Å². The first-order chi connectivity index (χ1) is 13.6. The van der Waals surface area contributed by atoms with Crippen LogP contribution in [0.1, 0.15) is 42.6 Å². The lowest BCUT2D eigenvalue weighted by molar-refractivity contribution is -0.126. The molecule has 2 aromatic rings. The number of nitriles is 1. The lowest BCUT2D eigenvalue weighted by Crippen LogP contribution is -2.46. The second-order valence-corrected chi connectivity index (χ2v) is 8.26. The van der Waals surface area contributed by atoms with Crippen LogP contribution in [0.2, 0.25) is 0 Å². The smallest absolute Gasteiger partial charge is 0.223 e. The molecule has 0 spiro atoms. The maximum atomic E-state index is 12.9. The predicted molar refractivity (Wildman–Crippen MR) is 102 cm³/mol. The molecular weight excluding hydrogens is 352 g/mol. The average molecular weight is 376 g/mol. The first kappa shape index (κ1) is 17.2. The van der Waals surface area contributed by atoms with Gasteiger partial charge >= 0.3 is 0 Å². The number of carbonyl (C=O) groups is 1. The molecule has 4 unspecified atom stereocenters. The zero-order chi connectivity index (χ0) is 19.3. The molecule has 4 atom stereocenters. The highest BCUT2D eigenvalue weighted by atomic mass is 16.2. The Morgan fingerprint density at radius 1 is 1.32 bits per heavy atom. The van der Waals surface area contributed by atoms with E-state index >= 15 is 0 Å². The van der Waals surface area contributed by atoms with Gasteiger partial charge < -0.3 is 10.2 Å². The van der Waals surface area contributed by atoms with Crippen LogP contribution in [0, 0.1) is 24.3 Å². The summed E-state index contributed by atoms with van der Waals surface area (Å²) in [5.41, 5.74) is 3.27. The molecule has 28 heavy (non-hydrogen) atoms. The molecule has 0 aromatic carbocycles. The van der Waals surface area contributed by atoms with Crippen LogP contribution in [-0.4, -0.2) is 43.7 Å². The van der Waals surface area contributed by atoms with Gasteiger partial charge in [-0.15, -0.1) is 0 Å². The Bertz CT molecular complexity index is 960. The van der Waals surface area contributed by atoms with Crippen molar-refractivity contribution in [2.24, 2.45) is 5.92 Å². The Kier molecular flexibility index (Phi) is 4.08. The molecule has 0 saturated carbocycles. The van der Waals surface area contributed by atoms with E-state index in [4.69, 9.17) is 0 Å². The van der Waals surface area contributed by atoms with E-state index in [0.717, 1.165) is 61.3 Å². The van der Waals surface area contributed by atoms with E-state index in [1.165, 1.54) is 0 Å². The molecule has 2 fully saturated rings. The standard InChI is InChI=1S/C21H24N6O/c1-13-3-2-4-20(24-13)27-18-7-5-14(9-15(18)11-23-27)21(28)25-17-10-16-6-8-19(17)26(16)12-22/h2-4,11,14,16-17,19H,5-10H2,1H3,(H,25,28). The SMILES string of the molecule is Cc1cccc(-n2ncc3c2CCC(C(=O)NC2CC4CCC2N4C#N)C3)n1. The molecule has 7 nitrogen and oxygen atoms in total. The normalized spacial score (nSPS) is 28.1. The predicted octanol–water partition coefficient (Wildman–Crippen LogP) is 1.88. The highest BCUT2D eigenvalue weighted by Gasteiger charge is 2.47. The van der Waals surface area contributed by atoms with Gasteiger partial charge in [-0.3, -0.25) is 4.79 Å². The van der Waals surface area contributed by atoms with Crippen molar-refractivity contribution in [3.8, 4) is 12.0 Å². The number of hydrogen-bond acceptors (Lipinski definition) is 5. The van der Waals surface area contributed by atoms with Crippen molar-refractivity contribution in [1.82, 2.24) is 25.0 Å². The van der Waals surface area contributed by atoms with Crippen LogP contribution in [0.15, 0.2) is 24.4 Å². The monoisotopic (exact) mass is 376 g/mol. The zero-order valence-corrected chi connectivity index (χ0v) is 16.0. The number of amides is 1. The number of carbonyl (C=O) groups excluding carboxylic acids is 1. The number of hydrogen-bond donors (Lipinski definition) is 1. The summed E-state index contributed by atoms with van der Waals surface area (Å²) in [6.07, 6.45) is 9.53. The quantitative estimate of drug-likeness (QED) is 0.827. The summed E-state index contributed by atoms with van der Waals surface area (Å²) in [7, 11) is 0. The molecule has 2 saturated heterocycles. The summed E-state index contributed by atoms with van der Waals surface area (Å²) in [5, 5.41) is 17.1. The fourth-order valence-electron chi connectivity index (χ4n) is 5.19. The minimum atomic E-state index is -0.0229. The molecule has 2 aromatic heterocycles. The van der Waals surface area contributed by atoms with Crippen molar-refractivity contribution in [3.05, 3.63) is 41.3 Å². The Hall–Kier alpha value is -2.88. The second kappa shape index (κ2) is 6.62. The lowest BCUT2D eigenvalue weighted by atomic mass is 9.86. The minimum absolute atomic E-state index is 0.0229. The third-order valence-corrected chi connectivity index (χ3v) is 6.59. The molecule has 1 aliphatic carbocycles. The molecule has 7 heteroatoms. The summed E-state index contributed by atoms with van der Waals surface area (Å²) in [6, 6.07) is 6.56. The number of nitrogens with one attached hydrogen (secondary N) is 1. The molecule has 2 aliphatic heterocycles. The van der Waals surface area contributed by atoms with Crippen LogP contribution in [0.5, 0.6) is 0 Å². The summed E-state index contributed by atoms with van der Waals surface area (Å²) >= 11 is 0. The van der Waals surface area contributed by atoms with Gasteiger partial charge in [-0.1, -0.05) is 6.07 Å². The largest absolute Gasteiger partial charge is 0.351 e. The Labute approximate surface area is 164 Å². The highest BCUT2D eigenvalue weighted by Crippen LogP contribution is 2.37. The van der Waals surface area contributed by atoms with E-state index in [2.05, 4.69) is 21.6 Å². The summed E-state index contributed by atoms with van der Waals surface area (Å²) in [6.45, 7) is 1.98. The highest BCUT2D eigenvalue weighted by molar-refractivity contribution is 5.79. The van der Waals surface area contributed by atoms with Crippen LogP contribution in [0.3, 0.4) is 0 Å². The number of nitrogens with zero attached hydrogens (tertiary/aromatic N) is 5. The van der Waals surface area contributed by atoms with Crippen LogP contribution in [0.25, 0.3) is 5.82 Å². The number of fused-ring (bicyclic) bond motifs is 3. The van der Waals surface area contributed by atoms with E-state index < -0.39 is 0 Å². The maximum absolute atomic E-state index is 12.9. The van der Waals surface area contributed by atoms with Crippen LogP contribution in [0.4, 0.5) is 0 Å². The van der Waals surface area contributed by atoms with Crippen molar-refractivity contribution >= 4 is 5.91 Å². The summed E-state index contributed by atoms with van der Waals surface area (Å²) in [5.74, 6) is 0.940. The Balaban J connectivity index is 1.28. The third kappa shape index (κ3) is 2.75. The zero-order valence-electron chi connectivity index (χ0n) is 16.0. The number of pyridine rings is 1. The van der Waals surface area contributed by atoms with E-state index in [1.54, 1.807) is 0 Å². The van der Waals surface area contributed by atoms with Gasteiger partial charge in [0, 0.05) is 23.3 Å². The summed E-state index contributed by atoms with van der Waals surface area (Å²) < 4.78 is 1.91. The Morgan fingerprint density at radius 2 is 2.21 bits per heavy atom. The Morgan fingerprint density at radius 3 is 3.00 bits per heavy atom. The number of rotatable bonds is 3. The third-order valence-electron chi connectivity index (χ3n) is 6.59. The van der Waals surface area contributed by atoms with Crippen LogP contribution >= 0.6 is 0 Å². The number of aryl methyl sites for hydroxylation is 1. The first-order valence-corrected chi connectivity index (χ1v) is 10.1. The van der Waals surface area contributed by atoms with Gasteiger partial charge in [0.15, 0.2) is 12.0 Å². The van der Waals surface area contributed by atoms with Crippen molar-refractivity contribution in [2.75, 3.05) is 0 Å². The van der Waals surface area contributed by atoms with Gasteiger partial charge in [-0.25, -0.2) is 9.67 Å². The van der Waals surface area contributed by atoms with Crippen molar-refractivity contribution in [3.63, 3.8) is 0 Å². The van der Waals surface area contributed by atoms with Crippen molar-refractivity contribution in [2.45, 2.75) is 63.6 Å². The fraction of sp³-hybridized carbons (Fsp3) is 0.524. The summed E-state index contributed by atoms with van der Waals surface area (Å²) in [4.78, 5) is 19.4. The van der Waals surface area contributed by atoms with E-state index in [1.807, 2.05) is 40.9 Å². The molecule has 4 heterocycles. The molecule has 0 radical (unpaired) electrons. The van der Waals surface area contributed by atoms with Gasteiger partial charge in [0.05, 0.1) is 18.3 Å². The molecule has 1 amide bonds. The van der Waals surface area contributed by atoms with Gasteiger partial charge in [0.2, 0.25) is 5.91 Å². The molecule has 5 rings (SSSR count). The van der Waals surface area contributed by atoms with Gasteiger partial charge in [0.25, 0.3) is 0 Å². The van der Waals surface area contributed by atoms with Crippen LogP contribution < -0.4 is 5.32 Å². The first-order valence-electron chi connectivity index (χ1n) is 10.1. The van der Waals surface area contributed by atoms with Gasteiger partial charge in [0.1, 0.15) is 0 Å². The average Bonchev–Trinajstić information content (AvgIpc) is 3.39. The van der Waals surface area contributed by atoms with E-state index in [0.29, 0.717) is 6.04 Å². The molecular formula is C21H24N6O. The maximum Gasteiger partial charge on any atom is 0.223 e. The lowest BCUT2D eigenvalue weighted by Gasteiger charge is -2.27. The van der Waals surface area contributed by atoms with Gasteiger partial charge in [-0.2, -0.15) is 10.4 Å². The molecule has 144 valence electrons. The second-order valence-electron chi connectivity index (χ2n) is 8.26. The van der Waals surface area contributed by atoms with Gasteiger partial charge in [-0.05, 0) is 63.1 Å². The van der Waals surface area contributed by atoms with Crippen LogP contribution in [-0.2, 0) is 17.6 Å². The van der Waals surface area contributed by atoms with Crippen molar-refractivity contribution in [1.29, 1.82) is 5.26 Å². The minimum Gasteiger partial charge on any atom is -0.351 e. The molecule has 2 bridgehead atoms.